The molecule has 0 saturated carbocycles. The van der Waals surface area contributed by atoms with E-state index in [1.807, 2.05) is 4.57 Å². The highest BCUT2D eigenvalue weighted by Crippen LogP contribution is 2.18. The number of hydrogen-bond acceptors (Lipinski definition) is 5. The van der Waals surface area contributed by atoms with Gasteiger partial charge in [0.05, 0.1) is 6.33 Å². The van der Waals surface area contributed by atoms with Gasteiger partial charge in [-0.25, -0.2) is 15.0 Å². The summed E-state index contributed by atoms with van der Waals surface area (Å²) < 4.78 is 2.05. The van der Waals surface area contributed by atoms with E-state index < -0.39 is 0 Å². The van der Waals surface area contributed by atoms with Crippen LogP contribution >= 0.6 is 0 Å². The van der Waals surface area contributed by atoms with Crippen molar-refractivity contribution in [1.29, 1.82) is 0 Å². The lowest BCUT2D eigenvalue weighted by molar-refractivity contribution is 0.197. The number of anilines is 1. The summed E-state index contributed by atoms with van der Waals surface area (Å²) in [5.41, 5.74) is 7.30. The largest absolute Gasteiger partial charge is 0.382 e. The Morgan fingerprint density at radius 2 is 2.05 bits per heavy atom. The minimum Gasteiger partial charge on any atom is -0.382 e. The molecule has 2 aromatic heterocycles. The summed E-state index contributed by atoms with van der Waals surface area (Å²) in [6.07, 6.45) is 7.80. The fraction of sp³-hybridized carbons (Fsp3) is 0.500. The molecule has 1 saturated heterocycles. The molecule has 0 spiro atoms. The number of fused-ring (bicyclic) bond motifs is 1. The maximum Gasteiger partial charge on any atom is 0.165 e. The SMILES string of the molecule is C=CC1CCN(CCn2cnc3c(N)ncnc32)CC1. The van der Waals surface area contributed by atoms with E-state index in [0.29, 0.717) is 17.3 Å². The van der Waals surface area contributed by atoms with Gasteiger partial charge in [0.2, 0.25) is 0 Å². The standard InChI is InChI=1S/C14H20N6/c1-2-11-3-5-19(6-4-11)7-8-20-10-18-12-13(15)16-9-17-14(12)20/h2,9-11H,1,3-8H2,(H2,15,16,17). The van der Waals surface area contributed by atoms with Gasteiger partial charge in [0, 0.05) is 13.1 Å². The zero-order valence-corrected chi connectivity index (χ0v) is 11.6. The zero-order valence-electron chi connectivity index (χ0n) is 11.6. The highest BCUT2D eigenvalue weighted by atomic mass is 15.2. The Labute approximate surface area is 118 Å². The third-order valence-electron chi connectivity index (χ3n) is 4.05. The van der Waals surface area contributed by atoms with Crippen molar-refractivity contribution in [2.24, 2.45) is 5.92 Å². The zero-order chi connectivity index (χ0) is 13.9. The molecule has 106 valence electrons. The molecule has 1 aliphatic heterocycles. The number of aromatic nitrogens is 4. The van der Waals surface area contributed by atoms with Gasteiger partial charge in [-0.1, -0.05) is 6.08 Å². The number of likely N-dealkylation sites (tertiary alicyclic amines) is 1. The maximum absolute atomic E-state index is 5.79. The van der Waals surface area contributed by atoms with Crippen LogP contribution in [0.4, 0.5) is 5.82 Å². The lowest BCUT2D eigenvalue weighted by Crippen LogP contribution is -2.35. The van der Waals surface area contributed by atoms with Gasteiger partial charge in [-0.05, 0) is 31.8 Å². The second-order valence-electron chi connectivity index (χ2n) is 5.28. The summed E-state index contributed by atoms with van der Waals surface area (Å²) in [6, 6.07) is 0. The number of piperidine rings is 1. The predicted molar refractivity (Wildman–Crippen MR) is 79.1 cm³/mol. The molecule has 1 fully saturated rings. The maximum atomic E-state index is 5.79. The molecule has 0 aliphatic carbocycles. The second-order valence-corrected chi connectivity index (χ2v) is 5.28. The van der Waals surface area contributed by atoms with Gasteiger partial charge in [0.25, 0.3) is 0 Å². The molecule has 0 aromatic carbocycles. The van der Waals surface area contributed by atoms with E-state index in [4.69, 9.17) is 5.73 Å². The van der Waals surface area contributed by atoms with Gasteiger partial charge in [0.1, 0.15) is 11.8 Å². The first kappa shape index (κ1) is 13.1. The normalized spacial score (nSPS) is 17.6. The Hall–Kier alpha value is -1.95. The highest BCUT2D eigenvalue weighted by molar-refractivity contribution is 5.80. The van der Waals surface area contributed by atoms with Crippen molar-refractivity contribution in [3.63, 3.8) is 0 Å². The molecule has 0 atom stereocenters. The number of imidazole rings is 1. The van der Waals surface area contributed by atoms with Crippen molar-refractivity contribution in [2.75, 3.05) is 25.4 Å². The van der Waals surface area contributed by atoms with Gasteiger partial charge in [-0.2, -0.15) is 0 Å². The van der Waals surface area contributed by atoms with Gasteiger partial charge >= 0.3 is 0 Å². The number of nitrogens with two attached hydrogens (primary N) is 1. The molecule has 0 amide bonds. The van der Waals surface area contributed by atoms with Crippen molar-refractivity contribution in [1.82, 2.24) is 24.4 Å². The Morgan fingerprint density at radius 3 is 2.80 bits per heavy atom. The molecule has 0 radical (unpaired) electrons. The lowest BCUT2D eigenvalue weighted by Gasteiger charge is -2.30. The summed E-state index contributed by atoms with van der Waals surface area (Å²) in [4.78, 5) is 15.0. The number of allylic oxidation sites excluding steroid dienone is 1. The predicted octanol–water partition coefficient (Wildman–Crippen LogP) is 1.31. The Morgan fingerprint density at radius 1 is 1.25 bits per heavy atom. The smallest absolute Gasteiger partial charge is 0.165 e. The molecule has 0 bridgehead atoms. The van der Waals surface area contributed by atoms with Crippen LogP contribution in [0.15, 0.2) is 25.3 Å². The van der Waals surface area contributed by atoms with E-state index in [-0.39, 0.29) is 0 Å². The van der Waals surface area contributed by atoms with Crippen LogP contribution in [-0.4, -0.2) is 44.1 Å². The van der Waals surface area contributed by atoms with E-state index in [9.17, 15) is 0 Å². The summed E-state index contributed by atoms with van der Waals surface area (Å²) in [7, 11) is 0. The molecule has 6 nitrogen and oxygen atoms in total. The van der Waals surface area contributed by atoms with Crippen molar-refractivity contribution >= 4 is 17.0 Å². The summed E-state index contributed by atoms with van der Waals surface area (Å²) in [6.45, 7) is 8.05. The Bertz CT molecular complexity index is 597. The monoisotopic (exact) mass is 272 g/mol. The summed E-state index contributed by atoms with van der Waals surface area (Å²) >= 11 is 0. The average Bonchev–Trinajstić information content (AvgIpc) is 2.90. The second kappa shape index (κ2) is 5.58. The summed E-state index contributed by atoms with van der Waals surface area (Å²) in [5, 5.41) is 0. The molecule has 2 aromatic rings. The molecule has 1 aliphatic rings. The Kier molecular flexibility index (Phi) is 3.64. The summed E-state index contributed by atoms with van der Waals surface area (Å²) in [5.74, 6) is 1.13. The fourth-order valence-electron chi connectivity index (χ4n) is 2.72. The molecule has 2 N–H and O–H groups in total. The van der Waals surface area contributed by atoms with E-state index in [1.54, 1.807) is 6.33 Å². The average molecular weight is 272 g/mol. The molecular formula is C14H20N6. The van der Waals surface area contributed by atoms with Crippen LogP contribution in [0.25, 0.3) is 11.2 Å². The molecule has 3 rings (SSSR count). The molecule has 3 heterocycles. The van der Waals surface area contributed by atoms with E-state index in [0.717, 1.165) is 31.8 Å². The van der Waals surface area contributed by atoms with Crippen LogP contribution < -0.4 is 5.73 Å². The minimum atomic E-state index is 0.445. The number of nitrogens with zero attached hydrogens (tertiary/aromatic N) is 5. The van der Waals surface area contributed by atoms with E-state index in [1.165, 1.54) is 19.2 Å². The molecule has 0 unspecified atom stereocenters. The first-order valence-corrected chi connectivity index (χ1v) is 7.04. The van der Waals surface area contributed by atoms with Crippen molar-refractivity contribution < 1.29 is 0 Å². The fourth-order valence-corrected chi connectivity index (χ4v) is 2.72. The quantitative estimate of drug-likeness (QED) is 0.849. The minimum absolute atomic E-state index is 0.445. The van der Waals surface area contributed by atoms with E-state index >= 15 is 0 Å². The van der Waals surface area contributed by atoms with Gasteiger partial charge in [-0.15, -0.1) is 6.58 Å². The van der Waals surface area contributed by atoms with Gasteiger partial charge < -0.3 is 15.2 Å². The number of rotatable bonds is 4. The van der Waals surface area contributed by atoms with E-state index in [2.05, 4.69) is 32.5 Å². The Balaban J connectivity index is 1.63. The molecular weight excluding hydrogens is 252 g/mol. The number of nitrogen functional groups attached to an aromatic ring is 1. The lowest BCUT2D eigenvalue weighted by atomic mass is 9.97. The van der Waals surface area contributed by atoms with Gasteiger partial charge in [-0.3, -0.25) is 0 Å². The first-order chi connectivity index (χ1) is 9.78. The number of hydrogen-bond donors (Lipinski definition) is 1. The van der Waals surface area contributed by atoms with Crippen LogP contribution in [-0.2, 0) is 6.54 Å². The first-order valence-electron chi connectivity index (χ1n) is 7.04. The van der Waals surface area contributed by atoms with Gasteiger partial charge in [0.15, 0.2) is 11.5 Å². The van der Waals surface area contributed by atoms with Crippen molar-refractivity contribution in [3.8, 4) is 0 Å². The van der Waals surface area contributed by atoms with Crippen LogP contribution in [0, 0.1) is 5.92 Å². The van der Waals surface area contributed by atoms with Crippen LogP contribution in [0.5, 0.6) is 0 Å². The van der Waals surface area contributed by atoms with Crippen molar-refractivity contribution in [2.45, 2.75) is 19.4 Å². The van der Waals surface area contributed by atoms with Crippen LogP contribution in [0.2, 0.25) is 0 Å². The third kappa shape index (κ3) is 2.51. The van der Waals surface area contributed by atoms with Crippen LogP contribution in [0.3, 0.4) is 0 Å². The highest BCUT2D eigenvalue weighted by Gasteiger charge is 2.17. The van der Waals surface area contributed by atoms with Crippen LogP contribution in [0.1, 0.15) is 12.8 Å². The molecule has 6 heteroatoms. The van der Waals surface area contributed by atoms with Crippen molar-refractivity contribution in [3.05, 3.63) is 25.3 Å². The molecule has 20 heavy (non-hydrogen) atoms. The topological polar surface area (TPSA) is 72.9 Å². The third-order valence-corrected chi connectivity index (χ3v) is 4.05.